The van der Waals surface area contributed by atoms with Crippen molar-refractivity contribution >= 4 is 34.2 Å². The molecule has 0 aliphatic rings. The van der Waals surface area contributed by atoms with E-state index in [4.69, 9.17) is 23.2 Å². The molecule has 6 heteroatoms. The van der Waals surface area contributed by atoms with Gasteiger partial charge in [0.1, 0.15) is 11.3 Å². The number of halogens is 3. The summed E-state index contributed by atoms with van der Waals surface area (Å²) in [7, 11) is 0. The molecule has 2 aromatic heterocycles. The highest BCUT2D eigenvalue weighted by Gasteiger charge is 2.16. The Morgan fingerprint density at radius 2 is 2.11 bits per heavy atom. The van der Waals surface area contributed by atoms with Crippen LogP contribution in [-0.4, -0.2) is 14.5 Å². The number of nitrogens with zero attached hydrogens (tertiary/aromatic N) is 3. The molecule has 1 aromatic carbocycles. The second-order valence-corrected chi connectivity index (χ2v) is 4.61. The average Bonchev–Trinajstić information content (AvgIpc) is 2.80. The predicted molar refractivity (Wildman–Crippen MR) is 73.4 cm³/mol. The lowest BCUT2D eigenvalue weighted by atomic mass is 10.3. The highest BCUT2D eigenvalue weighted by atomic mass is 35.5. The third-order valence-corrected chi connectivity index (χ3v) is 3.35. The molecule has 0 N–H and O–H groups in total. The van der Waals surface area contributed by atoms with Gasteiger partial charge in [0.25, 0.3) is 0 Å². The molecule has 0 saturated heterocycles. The first-order valence-electron chi connectivity index (χ1n) is 5.54. The number of alkyl halides is 1. The van der Waals surface area contributed by atoms with Crippen LogP contribution in [0.3, 0.4) is 0 Å². The Kier molecular flexibility index (Phi) is 3.12. The summed E-state index contributed by atoms with van der Waals surface area (Å²) >= 11 is 11.7. The molecule has 0 unspecified atom stereocenters. The van der Waals surface area contributed by atoms with Crippen LogP contribution < -0.4 is 0 Å². The molecule has 3 aromatic rings. The van der Waals surface area contributed by atoms with Crippen molar-refractivity contribution in [3.05, 3.63) is 53.3 Å². The van der Waals surface area contributed by atoms with Crippen molar-refractivity contribution in [2.24, 2.45) is 0 Å². The lowest BCUT2D eigenvalue weighted by molar-refractivity contribution is 0.618. The standard InChI is InChI=1S/C13H8Cl2FN3/c14-6-12-18-9-7-17-5-4-10(9)19(12)11-3-1-2-8(15)13(11)16/h1-5,7H,6H2. The van der Waals surface area contributed by atoms with Crippen molar-refractivity contribution < 1.29 is 4.39 Å². The van der Waals surface area contributed by atoms with Gasteiger partial charge in [0.05, 0.1) is 28.3 Å². The Bertz CT molecular complexity index is 755. The minimum Gasteiger partial charge on any atom is -0.292 e. The fraction of sp³-hybridized carbons (Fsp3) is 0.0769. The van der Waals surface area contributed by atoms with E-state index in [9.17, 15) is 4.39 Å². The molecular formula is C13H8Cl2FN3. The molecule has 0 aliphatic carbocycles. The molecule has 0 atom stereocenters. The maximum atomic E-state index is 14.2. The van der Waals surface area contributed by atoms with Crippen molar-refractivity contribution in [3.8, 4) is 5.69 Å². The van der Waals surface area contributed by atoms with Gasteiger partial charge in [-0.3, -0.25) is 9.55 Å². The third-order valence-electron chi connectivity index (χ3n) is 2.82. The number of aromatic nitrogens is 3. The average molecular weight is 296 g/mol. The van der Waals surface area contributed by atoms with Crippen LogP contribution in [0.15, 0.2) is 36.7 Å². The van der Waals surface area contributed by atoms with E-state index in [2.05, 4.69) is 9.97 Å². The number of imidazole rings is 1. The first kappa shape index (κ1) is 12.4. The molecule has 2 heterocycles. The van der Waals surface area contributed by atoms with Gasteiger partial charge >= 0.3 is 0 Å². The minimum atomic E-state index is -0.494. The summed E-state index contributed by atoms with van der Waals surface area (Å²) in [6, 6.07) is 6.59. The first-order chi connectivity index (χ1) is 9.22. The van der Waals surface area contributed by atoms with E-state index in [0.717, 1.165) is 5.52 Å². The summed E-state index contributed by atoms with van der Waals surface area (Å²) < 4.78 is 15.8. The van der Waals surface area contributed by atoms with Gasteiger partial charge in [0.2, 0.25) is 0 Å². The zero-order valence-electron chi connectivity index (χ0n) is 9.65. The van der Waals surface area contributed by atoms with Crippen LogP contribution in [0.2, 0.25) is 5.02 Å². The molecule has 19 heavy (non-hydrogen) atoms. The van der Waals surface area contributed by atoms with E-state index in [1.54, 1.807) is 35.2 Å². The number of rotatable bonds is 2. The van der Waals surface area contributed by atoms with Crippen LogP contribution in [0, 0.1) is 5.82 Å². The SMILES string of the molecule is Fc1c(Cl)cccc1-n1c(CCl)nc2cnccc21. The molecule has 0 spiro atoms. The van der Waals surface area contributed by atoms with Gasteiger partial charge in [0.15, 0.2) is 5.82 Å². The fourth-order valence-electron chi connectivity index (χ4n) is 2.01. The van der Waals surface area contributed by atoms with E-state index in [1.165, 1.54) is 6.07 Å². The Morgan fingerprint density at radius 3 is 2.89 bits per heavy atom. The molecule has 0 radical (unpaired) electrons. The predicted octanol–water partition coefficient (Wildman–Crippen LogP) is 3.95. The van der Waals surface area contributed by atoms with Gasteiger partial charge in [-0.25, -0.2) is 9.37 Å². The first-order valence-corrected chi connectivity index (χ1v) is 6.45. The van der Waals surface area contributed by atoms with Crippen molar-refractivity contribution in [2.45, 2.75) is 5.88 Å². The quantitative estimate of drug-likeness (QED) is 0.670. The normalized spacial score (nSPS) is 11.1. The van der Waals surface area contributed by atoms with E-state index >= 15 is 0 Å². The van der Waals surface area contributed by atoms with Crippen LogP contribution in [0.5, 0.6) is 0 Å². The molecule has 0 bridgehead atoms. The number of pyridine rings is 1. The highest BCUT2D eigenvalue weighted by Crippen LogP contribution is 2.27. The Balaban J connectivity index is 2.38. The summed E-state index contributed by atoms with van der Waals surface area (Å²) in [6.07, 6.45) is 3.24. The maximum Gasteiger partial charge on any atom is 0.165 e. The van der Waals surface area contributed by atoms with Crippen molar-refractivity contribution in [3.63, 3.8) is 0 Å². The molecular weight excluding hydrogens is 288 g/mol. The van der Waals surface area contributed by atoms with Gasteiger partial charge in [-0.15, -0.1) is 11.6 Å². The monoisotopic (exact) mass is 295 g/mol. The van der Waals surface area contributed by atoms with Gasteiger partial charge in [0, 0.05) is 6.20 Å². The molecule has 3 nitrogen and oxygen atoms in total. The minimum absolute atomic E-state index is 0.0638. The zero-order valence-corrected chi connectivity index (χ0v) is 11.2. The molecule has 0 fully saturated rings. The summed E-state index contributed by atoms with van der Waals surface area (Å²) in [6.45, 7) is 0. The Hall–Kier alpha value is -1.65. The number of hydrogen-bond donors (Lipinski definition) is 0. The zero-order chi connectivity index (χ0) is 13.4. The molecule has 0 amide bonds. The maximum absolute atomic E-state index is 14.2. The van der Waals surface area contributed by atoms with Gasteiger partial charge < -0.3 is 0 Å². The number of hydrogen-bond acceptors (Lipinski definition) is 2. The van der Waals surface area contributed by atoms with E-state index in [-0.39, 0.29) is 10.9 Å². The molecule has 0 saturated carbocycles. The second kappa shape index (κ2) is 4.79. The Morgan fingerprint density at radius 1 is 1.26 bits per heavy atom. The second-order valence-electron chi connectivity index (χ2n) is 3.93. The number of benzene rings is 1. The highest BCUT2D eigenvalue weighted by molar-refractivity contribution is 6.30. The molecule has 96 valence electrons. The van der Waals surface area contributed by atoms with E-state index in [0.29, 0.717) is 17.0 Å². The third kappa shape index (κ3) is 1.97. The number of fused-ring (bicyclic) bond motifs is 1. The summed E-state index contributed by atoms with van der Waals surface area (Å²) in [5.74, 6) is 0.221. The lowest BCUT2D eigenvalue weighted by Gasteiger charge is -2.09. The molecule has 3 rings (SSSR count). The lowest BCUT2D eigenvalue weighted by Crippen LogP contribution is -2.02. The van der Waals surface area contributed by atoms with Crippen LogP contribution in [0.4, 0.5) is 4.39 Å². The largest absolute Gasteiger partial charge is 0.292 e. The molecule has 0 aliphatic heterocycles. The van der Waals surface area contributed by atoms with Crippen molar-refractivity contribution in [2.75, 3.05) is 0 Å². The van der Waals surface area contributed by atoms with E-state index < -0.39 is 5.82 Å². The van der Waals surface area contributed by atoms with Crippen LogP contribution in [-0.2, 0) is 5.88 Å². The summed E-state index contributed by atoms with van der Waals surface area (Å²) in [5.41, 5.74) is 1.74. The van der Waals surface area contributed by atoms with Crippen LogP contribution >= 0.6 is 23.2 Å². The Labute approximate surface area is 118 Å². The summed E-state index contributed by atoms with van der Waals surface area (Å²) in [5, 5.41) is 0.0638. The van der Waals surface area contributed by atoms with Crippen molar-refractivity contribution in [1.29, 1.82) is 0 Å². The van der Waals surface area contributed by atoms with Crippen LogP contribution in [0.1, 0.15) is 5.82 Å². The van der Waals surface area contributed by atoms with E-state index in [1.807, 2.05) is 0 Å². The van der Waals surface area contributed by atoms with Gasteiger partial charge in [-0.05, 0) is 18.2 Å². The van der Waals surface area contributed by atoms with Gasteiger partial charge in [-0.1, -0.05) is 17.7 Å². The van der Waals surface area contributed by atoms with Crippen LogP contribution in [0.25, 0.3) is 16.7 Å². The van der Waals surface area contributed by atoms with Gasteiger partial charge in [-0.2, -0.15) is 0 Å². The smallest absolute Gasteiger partial charge is 0.165 e. The van der Waals surface area contributed by atoms with Crippen molar-refractivity contribution in [1.82, 2.24) is 14.5 Å². The fourth-order valence-corrected chi connectivity index (χ4v) is 2.35. The topological polar surface area (TPSA) is 30.7 Å². The summed E-state index contributed by atoms with van der Waals surface area (Å²) in [4.78, 5) is 8.33.